The van der Waals surface area contributed by atoms with Crippen LogP contribution in [0.4, 0.5) is 0 Å². The fourth-order valence-corrected chi connectivity index (χ4v) is 2.66. The largest absolute Gasteiger partial charge is 0.489 e. The normalized spacial score (nSPS) is 20.5. The quantitative estimate of drug-likeness (QED) is 0.926. The first kappa shape index (κ1) is 14.9. The lowest BCUT2D eigenvalue weighted by Crippen LogP contribution is -2.42. The summed E-state index contributed by atoms with van der Waals surface area (Å²) in [6.45, 7) is 3.32. The van der Waals surface area contributed by atoms with Crippen molar-refractivity contribution in [2.75, 3.05) is 33.4 Å². The number of hydrogen-bond acceptors (Lipinski definition) is 4. The summed E-state index contributed by atoms with van der Waals surface area (Å²) >= 11 is 12.1. The van der Waals surface area contributed by atoms with Crippen LogP contribution >= 0.6 is 23.2 Å². The van der Waals surface area contributed by atoms with Gasteiger partial charge in [0.1, 0.15) is 18.5 Å². The van der Waals surface area contributed by atoms with Gasteiger partial charge in [0.15, 0.2) is 0 Å². The highest BCUT2D eigenvalue weighted by molar-refractivity contribution is 6.35. The van der Waals surface area contributed by atoms with Crippen LogP contribution in [0.1, 0.15) is 5.56 Å². The van der Waals surface area contributed by atoms with Gasteiger partial charge in [0.25, 0.3) is 0 Å². The van der Waals surface area contributed by atoms with Crippen LogP contribution in [0.3, 0.4) is 0 Å². The Bertz CT molecular complexity index is 443. The van der Waals surface area contributed by atoms with Crippen LogP contribution in [-0.4, -0.2) is 44.4 Å². The lowest BCUT2D eigenvalue weighted by Gasteiger charge is -2.30. The number of nitrogens with two attached hydrogens (primary N) is 1. The molecule has 1 aliphatic rings. The van der Waals surface area contributed by atoms with Crippen molar-refractivity contribution in [3.63, 3.8) is 0 Å². The van der Waals surface area contributed by atoms with Crippen molar-refractivity contribution >= 4 is 23.2 Å². The number of morpholine rings is 1. The Hall–Kier alpha value is -0.520. The molecule has 19 heavy (non-hydrogen) atoms. The molecule has 4 nitrogen and oxygen atoms in total. The van der Waals surface area contributed by atoms with E-state index in [1.165, 1.54) is 0 Å². The van der Waals surface area contributed by atoms with Gasteiger partial charge < -0.3 is 20.1 Å². The zero-order valence-electron chi connectivity index (χ0n) is 10.9. The van der Waals surface area contributed by atoms with Crippen LogP contribution < -0.4 is 10.5 Å². The fourth-order valence-electron chi connectivity index (χ4n) is 2.07. The maximum atomic E-state index is 6.14. The van der Waals surface area contributed by atoms with E-state index in [-0.39, 0.29) is 6.10 Å². The molecule has 1 aromatic carbocycles. The third-order valence-corrected chi connectivity index (χ3v) is 3.56. The Morgan fingerprint density at radius 2 is 2.26 bits per heavy atom. The average Bonchev–Trinajstić information content (AvgIpc) is 2.37. The molecule has 1 atom stereocenters. The highest BCUT2D eigenvalue weighted by Gasteiger charge is 2.19. The number of ether oxygens (including phenoxy) is 2. The van der Waals surface area contributed by atoms with Crippen LogP contribution in [0.5, 0.6) is 5.75 Å². The Balaban J connectivity index is 2.02. The lowest BCUT2D eigenvalue weighted by molar-refractivity contribution is -0.0404. The zero-order valence-corrected chi connectivity index (χ0v) is 12.4. The first-order chi connectivity index (χ1) is 9.10. The Kier molecular flexibility index (Phi) is 5.30. The van der Waals surface area contributed by atoms with E-state index in [0.29, 0.717) is 28.9 Å². The summed E-state index contributed by atoms with van der Waals surface area (Å²) in [4.78, 5) is 2.21. The minimum atomic E-state index is 0.0520. The van der Waals surface area contributed by atoms with Crippen molar-refractivity contribution in [3.8, 4) is 5.75 Å². The molecule has 1 aliphatic heterocycles. The second-order valence-corrected chi connectivity index (χ2v) is 5.49. The molecular weight excluding hydrogens is 287 g/mol. The number of rotatable bonds is 4. The summed E-state index contributed by atoms with van der Waals surface area (Å²) in [5, 5.41) is 1.04. The van der Waals surface area contributed by atoms with Gasteiger partial charge in [0, 0.05) is 30.2 Å². The number of hydrogen-bond donors (Lipinski definition) is 1. The second kappa shape index (κ2) is 6.77. The smallest absolute Gasteiger partial charge is 0.142 e. The van der Waals surface area contributed by atoms with Crippen molar-refractivity contribution in [2.45, 2.75) is 12.6 Å². The number of halogens is 2. The van der Waals surface area contributed by atoms with Gasteiger partial charge in [-0.2, -0.15) is 0 Å². The van der Waals surface area contributed by atoms with E-state index >= 15 is 0 Å². The van der Waals surface area contributed by atoms with E-state index < -0.39 is 0 Å². The molecule has 0 spiro atoms. The van der Waals surface area contributed by atoms with Gasteiger partial charge >= 0.3 is 0 Å². The van der Waals surface area contributed by atoms with Crippen LogP contribution in [0.25, 0.3) is 0 Å². The average molecular weight is 305 g/mol. The molecule has 1 saturated heterocycles. The topological polar surface area (TPSA) is 47.7 Å². The summed E-state index contributed by atoms with van der Waals surface area (Å²) < 4.78 is 11.4. The Labute approximate surface area is 123 Å². The van der Waals surface area contributed by atoms with Crippen LogP contribution in [0.15, 0.2) is 12.1 Å². The highest BCUT2D eigenvalue weighted by atomic mass is 35.5. The van der Waals surface area contributed by atoms with E-state index in [4.69, 9.17) is 38.4 Å². The molecule has 0 aromatic heterocycles. The van der Waals surface area contributed by atoms with E-state index in [2.05, 4.69) is 11.9 Å². The van der Waals surface area contributed by atoms with Gasteiger partial charge in [-0.25, -0.2) is 0 Å². The molecule has 1 fully saturated rings. The van der Waals surface area contributed by atoms with Gasteiger partial charge in [-0.3, -0.25) is 0 Å². The molecule has 6 heteroatoms. The standard InChI is InChI=1S/C13H18Cl2N2O2/c1-17-2-3-18-11(7-17)8-19-13-9(6-16)4-10(14)5-12(13)15/h4-5,11H,2-3,6-8,16H2,1H3. The predicted molar refractivity (Wildman–Crippen MR) is 77.1 cm³/mol. The van der Waals surface area contributed by atoms with Gasteiger partial charge in [0.05, 0.1) is 11.6 Å². The van der Waals surface area contributed by atoms with Gasteiger partial charge in [0.2, 0.25) is 0 Å². The van der Waals surface area contributed by atoms with Crippen molar-refractivity contribution < 1.29 is 9.47 Å². The third kappa shape index (κ3) is 3.97. The van der Waals surface area contributed by atoms with E-state index in [9.17, 15) is 0 Å². The molecule has 1 unspecified atom stereocenters. The summed E-state index contributed by atoms with van der Waals surface area (Å²) in [6.07, 6.45) is 0.0520. The third-order valence-electron chi connectivity index (χ3n) is 3.06. The van der Waals surface area contributed by atoms with E-state index in [0.717, 1.165) is 25.3 Å². The molecule has 0 saturated carbocycles. The first-order valence-electron chi connectivity index (χ1n) is 6.21. The molecule has 2 N–H and O–H groups in total. The second-order valence-electron chi connectivity index (χ2n) is 4.65. The van der Waals surface area contributed by atoms with Crippen molar-refractivity contribution in [3.05, 3.63) is 27.7 Å². The molecule has 1 aromatic rings. The molecule has 106 valence electrons. The number of benzene rings is 1. The first-order valence-corrected chi connectivity index (χ1v) is 6.96. The fraction of sp³-hybridized carbons (Fsp3) is 0.538. The van der Waals surface area contributed by atoms with Crippen LogP contribution in [0.2, 0.25) is 10.0 Å². The minimum absolute atomic E-state index is 0.0520. The molecular formula is C13H18Cl2N2O2. The van der Waals surface area contributed by atoms with Crippen molar-refractivity contribution in [1.82, 2.24) is 4.90 Å². The highest BCUT2D eigenvalue weighted by Crippen LogP contribution is 2.32. The SMILES string of the molecule is CN1CCOC(COc2c(Cl)cc(Cl)cc2CN)C1. The molecule has 0 amide bonds. The zero-order chi connectivity index (χ0) is 13.8. The lowest BCUT2D eigenvalue weighted by atomic mass is 10.2. The molecule has 1 heterocycles. The van der Waals surface area contributed by atoms with Crippen LogP contribution in [0, 0.1) is 0 Å². The van der Waals surface area contributed by atoms with E-state index in [1.807, 2.05) is 0 Å². The van der Waals surface area contributed by atoms with Crippen LogP contribution in [-0.2, 0) is 11.3 Å². The number of nitrogens with zero attached hydrogens (tertiary/aromatic N) is 1. The summed E-state index contributed by atoms with van der Waals surface area (Å²) in [5.74, 6) is 0.602. The monoisotopic (exact) mass is 304 g/mol. The van der Waals surface area contributed by atoms with Crippen molar-refractivity contribution in [1.29, 1.82) is 0 Å². The summed E-state index contributed by atoms with van der Waals surface area (Å²) in [6, 6.07) is 3.43. The maximum absolute atomic E-state index is 6.14. The molecule has 2 rings (SSSR count). The molecule has 0 bridgehead atoms. The molecule has 0 aliphatic carbocycles. The molecule has 0 radical (unpaired) electrons. The van der Waals surface area contributed by atoms with Gasteiger partial charge in [-0.1, -0.05) is 23.2 Å². The predicted octanol–water partition coefficient (Wildman–Crippen LogP) is 2.16. The Morgan fingerprint density at radius 1 is 1.47 bits per heavy atom. The van der Waals surface area contributed by atoms with Gasteiger partial charge in [-0.15, -0.1) is 0 Å². The van der Waals surface area contributed by atoms with Crippen molar-refractivity contribution in [2.24, 2.45) is 5.73 Å². The maximum Gasteiger partial charge on any atom is 0.142 e. The van der Waals surface area contributed by atoms with E-state index in [1.54, 1.807) is 12.1 Å². The van der Waals surface area contributed by atoms with Gasteiger partial charge in [-0.05, 0) is 19.2 Å². The minimum Gasteiger partial charge on any atom is -0.489 e. The Morgan fingerprint density at radius 3 is 2.95 bits per heavy atom. The summed E-state index contributed by atoms with van der Waals surface area (Å²) in [5.41, 5.74) is 6.49. The number of likely N-dealkylation sites (N-methyl/N-ethyl adjacent to an activating group) is 1. The summed E-state index contributed by atoms with van der Waals surface area (Å²) in [7, 11) is 2.07.